The van der Waals surface area contributed by atoms with E-state index in [2.05, 4.69) is 25.5 Å². The highest BCUT2D eigenvalue weighted by Gasteiger charge is 2.20. The lowest BCUT2D eigenvalue weighted by atomic mass is 9.87. The molecule has 2 aromatic carbocycles. The number of rotatable bonds is 6. The topological polar surface area (TPSA) is 64.6 Å². The fourth-order valence-corrected chi connectivity index (χ4v) is 3.57. The third kappa shape index (κ3) is 4.74. The highest BCUT2D eigenvalue weighted by molar-refractivity contribution is 7.89. The van der Waals surface area contributed by atoms with Gasteiger partial charge >= 0.3 is 0 Å². The van der Waals surface area contributed by atoms with Crippen molar-refractivity contribution in [1.82, 2.24) is 4.72 Å². The van der Waals surface area contributed by atoms with Crippen LogP contribution in [-0.4, -0.2) is 22.6 Å². The van der Waals surface area contributed by atoms with Gasteiger partial charge in [0.25, 0.3) is 0 Å². The predicted octanol–water partition coefficient (Wildman–Crippen LogP) is 3.48. The molecule has 0 spiro atoms. The molecule has 0 amide bonds. The maximum Gasteiger partial charge on any atom is 0.244 e. The molecule has 1 N–H and O–H groups in total. The zero-order valence-electron chi connectivity index (χ0n) is 15.3. The molecule has 0 bridgehead atoms. The Labute approximate surface area is 150 Å². The van der Waals surface area contributed by atoms with Crippen molar-refractivity contribution in [3.05, 3.63) is 53.6 Å². The Bertz CT molecular complexity index is 821. The number of sulfonamides is 1. The van der Waals surface area contributed by atoms with Crippen LogP contribution >= 0.6 is 0 Å². The summed E-state index contributed by atoms with van der Waals surface area (Å²) in [5.74, 6) is 0.729. The third-order valence-electron chi connectivity index (χ3n) is 3.95. The molecule has 0 radical (unpaired) electrons. The van der Waals surface area contributed by atoms with E-state index in [0.717, 1.165) is 5.56 Å². The van der Waals surface area contributed by atoms with Crippen molar-refractivity contribution in [3.63, 3.8) is 0 Å². The van der Waals surface area contributed by atoms with Gasteiger partial charge in [-0.05, 0) is 28.7 Å². The van der Waals surface area contributed by atoms with Gasteiger partial charge in [0.15, 0.2) is 0 Å². The summed E-state index contributed by atoms with van der Waals surface area (Å²) in [5.41, 5.74) is 2.15. The third-order valence-corrected chi connectivity index (χ3v) is 5.37. The minimum atomic E-state index is -3.73. The van der Waals surface area contributed by atoms with Gasteiger partial charge in [0.2, 0.25) is 10.0 Å². The van der Waals surface area contributed by atoms with E-state index in [4.69, 9.17) is 9.47 Å². The Morgan fingerprint density at radius 1 is 0.960 bits per heavy atom. The summed E-state index contributed by atoms with van der Waals surface area (Å²) in [7, 11) is -0.802. The first kappa shape index (κ1) is 19.3. The van der Waals surface area contributed by atoms with E-state index < -0.39 is 10.0 Å². The highest BCUT2D eigenvalue weighted by Crippen LogP contribution is 2.28. The van der Waals surface area contributed by atoms with Crippen LogP contribution in [0.15, 0.2) is 47.4 Å². The lowest BCUT2D eigenvalue weighted by molar-refractivity contribution is 0.392. The zero-order chi connectivity index (χ0) is 18.7. The van der Waals surface area contributed by atoms with E-state index >= 15 is 0 Å². The fourth-order valence-electron chi connectivity index (χ4n) is 2.37. The van der Waals surface area contributed by atoms with Crippen molar-refractivity contribution in [2.24, 2.45) is 0 Å². The van der Waals surface area contributed by atoms with Crippen LogP contribution in [0, 0.1) is 0 Å². The molecule has 6 heteroatoms. The molecule has 25 heavy (non-hydrogen) atoms. The number of ether oxygens (including phenoxy) is 2. The maximum absolute atomic E-state index is 12.6. The monoisotopic (exact) mass is 363 g/mol. The maximum atomic E-state index is 12.6. The van der Waals surface area contributed by atoms with Crippen LogP contribution in [0.5, 0.6) is 11.5 Å². The van der Waals surface area contributed by atoms with Crippen molar-refractivity contribution in [3.8, 4) is 11.5 Å². The summed E-state index contributed by atoms with van der Waals surface area (Å²) in [6.45, 7) is 6.62. The van der Waals surface area contributed by atoms with Gasteiger partial charge in [-0.15, -0.1) is 0 Å². The second-order valence-electron chi connectivity index (χ2n) is 6.79. The van der Waals surface area contributed by atoms with Crippen LogP contribution < -0.4 is 14.2 Å². The standard InChI is InChI=1S/C19H25NO4S/c1-19(2,3)15-8-6-14(7-9-15)13-20-25(21,22)18-12-16(23-4)10-11-17(18)24-5/h6-12,20H,13H2,1-5H3. The van der Waals surface area contributed by atoms with Gasteiger partial charge < -0.3 is 9.47 Å². The molecule has 136 valence electrons. The Morgan fingerprint density at radius 2 is 1.60 bits per heavy atom. The molecular weight excluding hydrogens is 338 g/mol. The number of benzene rings is 2. The van der Waals surface area contributed by atoms with Gasteiger partial charge in [-0.2, -0.15) is 0 Å². The van der Waals surface area contributed by atoms with Crippen molar-refractivity contribution in [2.75, 3.05) is 14.2 Å². The first-order valence-electron chi connectivity index (χ1n) is 7.98. The smallest absolute Gasteiger partial charge is 0.244 e. The number of hydrogen-bond acceptors (Lipinski definition) is 4. The van der Waals surface area contributed by atoms with Gasteiger partial charge in [0.1, 0.15) is 16.4 Å². The van der Waals surface area contributed by atoms with E-state index in [1.807, 2.05) is 24.3 Å². The van der Waals surface area contributed by atoms with E-state index in [1.54, 1.807) is 12.1 Å². The summed E-state index contributed by atoms with van der Waals surface area (Å²) in [4.78, 5) is 0.0562. The summed E-state index contributed by atoms with van der Waals surface area (Å²) < 4.78 is 38.1. The molecule has 0 aliphatic carbocycles. The Hall–Kier alpha value is -2.05. The Kier molecular flexibility index (Phi) is 5.75. The number of hydrogen-bond donors (Lipinski definition) is 1. The second-order valence-corrected chi connectivity index (χ2v) is 8.52. The number of nitrogens with one attached hydrogen (secondary N) is 1. The van der Waals surface area contributed by atoms with Crippen LogP contribution in [0.2, 0.25) is 0 Å². The fraction of sp³-hybridized carbons (Fsp3) is 0.368. The van der Waals surface area contributed by atoms with Crippen LogP contribution in [0.25, 0.3) is 0 Å². The second kappa shape index (κ2) is 7.45. The van der Waals surface area contributed by atoms with Crippen LogP contribution in [0.1, 0.15) is 31.9 Å². The molecule has 0 unspecified atom stereocenters. The van der Waals surface area contributed by atoms with Gasteiger partial charge in [-0.25, -0.2) is 13.1 Å². The van der Waals surface area contributed by atoms with Crippen molar-refractivity contribution >= 4 is 10.0 Å². The molecule has 0 saturated carbocycles. The molecule has 0 heterocycles. The van der Waals surface area contributed by atoms with E-state index in [-0.39, 0.29) is 22.6 Å². The molecule has 0 aliphatic heterocycles. The molecule has 0 atom stereocenters. The molecule has 0 aromatic heterocycles. The molecule has 5 nitrogen and oxygen atoms in total. The number of methoxy groups -OCH3 is 2. The van der Waals surface area contributed by atoms with E-state index in [1.165, 1.54) is 25.8 Å². The molecule has 0 aliphatic rings. The highest BCUT2D eigenvalue weighted by atomic mass is 32.2. The molecule has 0 saturated heterocycles. The van der Waals surface area contributed by atoms with Crippen molar-refractivity contribution < 1.29 is 17.9 Å². The quantitative estimate of drug-likeness (QED) is 0.853. The Balaban J connectivity index is 2.19. The summed E-state index contributed by atoms with van der Waals surface area (Å²) in [5, 5.41) is 0. The Morgan fingerprint density at radius 3 is 2.12 bits per heavy atom. The largest absolute Gasteiger partial charge is 0.497 e. The predicted molar refractivity (Wildman–Crippen MR) is 98.7 cm³/mol. The summed E-state index contributed by atoms with van der Waals surface area (Å²) in [6.07, 6.45) is 0. The summed E-state index contributed by atoms with van der Waals surface area (Å²) >= 11 is 0. The zero-order valence-corrected chi connectivity index (χ0v) is 16.1. The average molecular weight is 363 g/mol. The minimum Gasteiger partial charge on any atom is -0.497 e. The van der Waals surface area contributed by atoms with Crippen LogP contribution in [0.4, 0.5) is 0 Å². The molecule has 0 fully saturated rings. The van der Waals surface area contributed by atoms with Crippen molar-refractivity contribution in [2.45, 2.75) is 37.6 Å². The first-order chi connectivity index (χ1) is 11.7. The van der Waals surface area contributed by atoms with Gasteiger partial charge in [-0.1, -0.05) is 45.0 Å². The normalized spacial score (nSPS) is 12.0. The van der Waals surface area contributed by atoms with E-state index in [0.29, 0.717) is 5.75 Å². The van der Waals surface area contributed by atoms with Gasteiger partial charge in [0.05, 0.1) is 14.2 Å². The molecular formula is C19H25NO4S. The van der Waals surface area contributed by atoms with Gasteiger partial charge in [0, 0.05) is 12.6 Å². The van der Waals surface area contributed by atoms with E-state index in [9.17, 15) is 8.42 Å². The molecule has 2 aromatic rings. The average Bonchev–Trinajstić information content (AvgIpc) is 2.59. The lowest BCUT2D eigenvalue weighted by Crippen LogP contribution is -2.24. The first-order valence-corrected chi connectivity index (χ1v) is 9.47. The molecule has 2 rings (SSSR count). The SMILES string of the molecule is COc1ccc(OC)c(S(=O)(=O)NCc2ccc(C(C)(C)C)cc2)c1. The van der Waals surface area contributed by atoms with Gasteiger partial charge in [-0.3, -0.25) is 0 Å². The van der Waals surface area contributed by atoms with Crippen LogP contribution in [-0.2, 0) is 22.0 Å². The van der Waals surface area contributed by atoms with Crippen LogP contribution in [0.3, 0.4) is 0 Å². The lowest BCUT2D eigenvalue weighted by Gasteiger charge is -2.19. The summed E-state index contributed by atoms with van der Waals surface area (Å²) in [6, 6.07) is 12.6. The van der Waals surface area contributed by atoms with Crippen molar-refractivity contribution in [1.29, 1.82) is 0 Å². The minimum absolute atomic E-state index is 0.0562.